The smallest absolute Gasteiger partial charge is 0.0510 e. The third-order valence-corrected chi connectivity index (χ3v) is 19.0. The van der Waals surface area contributed by atoms with Gasteiger partial charge in [0.2, 0.25) is 0 Å². The van der Waals surface area contributed by atoms with Gasteiger partial charge in [-0.2, -0.15) is 25.3 Å². The molecule has 0 fully saturated rings. The quantitative estimate of drug-likeness (QED) is 0.102. The van der Waals surface area contributed by atoms with Crippen molar-refractivity contribution in [2.75, 3.05) is 77.1 Å². The number of hydrogen-bond donors (Lipinski definition) is 2. The van der Waals surface area contributed by atoms with Gasteiger partial charge in [-0.05, 0) is 0 Å². The molecule has 0 saturated heterocycles. The molecule has 0 heterocycles. The summed E-state index contributed by atoms with van der Waals surface area (Å²) in [4.78, 5) is 18.4. The summed E-state index contributed by atoms with van der Waals surface area (Å²) < 4.78 is 18.6. The number of carboxylic acids is 2. The van der Waals surface area contributed by atoms with E-state index in [2.05, 4.69) is 80.6 Å². The molecule has 0 bridgehead atoms. The first kappa shape index (κ1) is 43.7. The molecule has 0 aromatic rings. The zero-order valence-corrected chi connectivity index (χ0v) is 31.1. The molecule has 0 unspecified atom stereocenters. The van der Waals surface area contributed by atoms with Crippen LogP contribution >= 0.6 is 25.3 Å². The molecule has 0 saturated carbocycles. The van der Waals surface area contributed by atoms with Crippen LogP contribution in [-0.4, -0.2) is 117 Å². The van der Waals surface area contributed by atoms with Crippen molar-refractivity contribution in [3.63, 3.8) is 0 Å². The van der Waals surface area contributed by atoms with E-state index in [1.54, 1.807) is 0 Å². The number of aliphatic carboxylic acids is 2. The van der Waals surface area contributed by atoms with Crippen LogP contribution in [0.5, 0.6) is 0 Å². The van der Waals surface area contributed by atoms with Crippen molar-refractivity contribution in [1.82, 2.24) is 0 Å². The number of nitrogens with zero attached hydrogens (tertiary/aromatic N) is 2. The van der Waals surface area contributed by atoms with Crippen molar-refractivity contribution >= 4 is 56.4 Å². The molecule has 0 atom stereocenters. The van der Waals surface area contributed by atoms with Crippen LogP contribution in [-0.2, 0) is 15.7 Å². The summed E-state index contributed by atoms with van der Waals surface area (Å²) in [6.45, 7) is 29.8. The number of likely N-dealkylation sites (N-methyl/N-ethyl adjacent to an activating group) is 2. The first-order valence-electron chi connectivity index (χ1n) is 15.0. The normalized spacial score (nSPS) is 11.7. The van der Waals surface area contributed by atoms with Gasteiger partial charge in [-0.15, -0.1) is 0 Å². The van der Waals surface area contributed by atoms with Crippen molar-refractivity contribution < 1.29 is 34.9 Å². The molecular formula is C28H62N2O6S2Sn. The van der Waals surface area contributed by atoms with E-state index in [0.717, 1.165) is 26.3 Å². The SMILES string of the molecule is CCC[CH2][Sn]([CH2]CCC)([O]CC[N+](CC)(CC)CC)[O]CC[N+](CC)(CC)CC.O=C([O-])CS.O=C([O-])CS. The van der Waals surface area contributed by atoms with Crippen LogP contribution in [0.4, 0.5) is 0 Å². The molecule has 0 amide bonds. The molecule has 236 valence electrons. The largest absolute Gasteiger partial charge is 0.549 e. The van der Waals surface area contributed by atoms with Crippen LogP contribution in [0.2, 0.25) is 8.87 Å². The van der Waals surface area contributed by atoms with Gasteiger partial charge in [0.15, 0.2) is 0 Å². The van der Waals surface area contributed by atoms with E-state index in [-0.39, 0.29) is 11.5 Å². The number of hydrogen-bond acceptors (Lipinski definition) is 8. The fourth-order valence-electron chi connectivity index (χ4n) is 4.49. The second-order valence-corrected chi connectivity index (χ2v) is 20.2. The van der Waals surface area contributed by atoms with Crippen LogP contribution in [0.1, 0.15) is 81.1 Å². The molecular weight excluding hydrogens is 643 g/mol. The van der Waals surface area contributed by atoms with Crippen molar-refractivity contribution in [3.05, 3.63) is 0 Å². The number of quaternary nitrogens is 2. The van der Waals surface area contributed by atoms with Gasteiger partial charge >= 0.3 is 190 Å². The van der Waals surface area contributed by atoms with E-state index in [9.17, 15) is 19.8 Å². The van der Waals surface area contributed by atoms with Crippen LogP contribution in [0, 0.1) is 0 Å². The second kappa shape index (κ2) is 27.1. The van der Waals surface area contributed by atoms with Gasteiger partial charge in [-0.1, -0.05) is 0 Å². The molecule has 0 aromatic heterocycles. The zero-order valence-electron chi connectivity index (χ0n) is 26.5. The Balaban J connectivity index is -0.00000109. The molecule has 0 aliphatic rings. The molecule has 0 spiro atoms. The number of rotatable bonds is 22. The van der Waals surface area contributed by atoms with Crippen LogP contribution < -0.4 is 10.2 Å². The maximum absolute atomic E-state index is 9.18. The van der Waals surface area contributed by atoms with Crippen molar-refractivity contribution in [2.24, 2.45) is 0 Å². The Hall–Kier alpha value is 0.279. The molecule has 39 heavy (non-hydrogen) atoms. The Morgan fingerprint density at radius 3 is 1.05 bits per heavy atom. The zero-order chi connectivity index (χ0) is 30.8. The van der Waals surface area contributed by atoms with E-state index >= 15 is 0 Å². The van der Waals surface area contributed by atoms with E-state index in [1.165, 1.54) is 82.8 Å². The Kier molecular flexibility index (Phi) is 30.4. The predicted octanol–water partition coefficient (Wildman–Crippen LogP) is 3.15. The van der Waals surface area contributed by atoms with Gasteiger partial charge in [0.05, 0.1) is 11.9 Å². The van der Waals surface area contributed by atoms with E-state index in [0.29, 0.717) is 0 Å². The number of carbonyl (C=O) groups is 2. The minimum absolute atomic E-state index is 0.194. The van der Waals surface area contributed by atoms with Gasteiger partial charge in [0.25, 0.3) is 0 Å². The van der Waals surface area contributed by atoms with E-state index < -0.39 is 31.1 Å². The number of carbonyl (C=O) groups excluding carboxylic acids is 2. The second-order valence-electron chi connectivity index (χ2n) is 9.90. The third-order valence-electron chi connectivity index (χ3n) is 7.97. The fourth-order valence-corrected chi connectivity index (χ4v) is 14.8. The van der Waals surface area contributed by atoms with E-state index in [4.69, 9.17) is 6.15 Å². The van der Waals surface area contributed by atoms with Gasteiger partial charge in [-0.25, -0.2) is 0 Å². The molecule has 0 aromatic carbocycles. The van der Waals surface area contributed by atoms with Crippen LogP contribution in [0.25, 0.3) is 0 Å². The predicted molar refractivity (Wildman–Crippen MR) is 168 cm³/mol. The summed E-state index contributed by atoms with van der Waals surface area (Å²) in [6.07, 6.45) is 5.03. The van der Waals surface area contributed by atoms with E-state index in [1.807, 2.05) is 0 Å². The van der Waals surface area contributed by atoms with Crippen molar-refractivity contribution in [2.45, 2.75) is 89.9 Å². The Bertz CT molecular complexity index is 528. The van der Waals surface area contributed by atoms with Crippen LogP contribution in [0.15, 0.2) is 0 Å². The monoisotopic (exact) mass is 706 g/mol. The Labute approximate surface area is 257 Å². The van der Waals surface area contributed by atoms with Crippen molar-refractivity contribution in [1.29, 1.82) is 0 Å². The molecule has 8 nitrogen and oxygen atoms in total. The summed E-state index contributed by atoms with van der Waals surface area (Å²) in [6, 6.07) is 0. The molecule has 11 heteroatoms. The minimum Gasteiger partial charge on any atom is -0.549 e. The van der Waals surface area contributed by atoms with Gasteiger partial charge in [0, 0.05) is 11.5 Å². The third kappa shape index (κ3) is 21.6. The number of thiol groups is 2. The molecule has 0 radical (unpaired) electrons. The Morgan fingerprint density at radius 1 is 0.615 bits per heavy atom. The first-order chi connectivity index (χ1) is 18.4. The average molecular weight is 706 g/mol. The standard InChI is InChI=1S/2C8H19NO.2C4H9.2C2H4O2S.Sn/c2*1-4-9(5-2,6-3)7-8-10;2*1-3-4-2;2*3-2(4)1-5;/h2*4-8H2,1-3H3;2*1,3-4H2,2H3;2*5H,1H2,(H,3,4);/q;;;;;;+2/p-2. The molecule has 0 rings (SSSR count). The summed E-state index contributed by atoms with van der Waals surface area (Å²) in [5, 5.41) is 18.4. The summed E-state index contributed by atoms with van der Waals surface area (Å²) in [5.41, 5.74) is 0. The molecule has 0 aliphatic heterocycles. The van der Waals surface area contributed by atoms with Gasteiger partial charge in [0.1, 0.15) is 0 Å². The molecule has 0 aliphatic carbocycles. The Morgan fingerprint density at radius 2 is 0.872 bits per heavy atom. The average Bonchev–Trinajstić information content (AvgIpc) is 2.96. The first-order valence-corrected chi connectivity index (χ1v) is 22.7. The molecule has 0 N–H and O–H groups in total. The minimum atomic E-state index is -3.03. The maximum Gasteiger partial charge on any atom is 0.0510 e. The number of unbranched alkanes of at least 4 members (excludes halogenated alkanes) is 2. The number of carboxylic acid groups (broad SMARTS) is 2. The topological polar surface area (TPSA) is 98.7 Å². The van der Waals surface area contributed by atoms with Gasteiger partial charge < -0.3 is 19.8 Å². The van der Waals surface area contributed by atoms with Crippen LogP contribution in [0.3, 0.4) is 0 Å². The summed E-state index contributed by atoms with van der Waals surface area (Å²) >= 11 is 3.68. The fraction of sp³-hybridized carbons (Fsp3) is 0.929. The van der Waals surface area contributed by atoms with Gasteiger partial charge in [-0.3, -0.25) is 0 Å². The van der Waals surface area contributed by atoms with Crippen molar-refractivity contribution in [3.8, 4) is 0 Å². The summed E-state index contributed by atoms with van der Waals surface area (Å²) in [7, 11) is 0. The summed E-state index contributed by atoms with van der Waals surface area (Å²) in [5.74, 6) is -2.65. The maximum atomic E-state index is 9.18.